The van der Waals surface area contributed by atoms with Crippen LogP contribution in [0.3, 0.4) is 0 Å². The van der Waals surface area contributed by atoms with E-state index in [0.717, 1.165) is 51.2 Å². The van der Waals surface area contributed by atoms with Gasteiger partial charge in [-0.3, -0.25) is 10.1 Å². The molecule has 8 nitrogen and oxygen atoms in total. The average molecular weight is 679 g/mol. The third-order valence-electron chi connectivity index (χ3n) is 8.31. The molecule has 0 aromatic heterocycles. The van der Waals surface area contributed by atoms with E-state index in [9.17, 15) is 14.7 Å². The number of benzene rings is 6. The fourth-order valence-corrected chi connectivity index (χ4v) is 5.79. The minimum atomic E-state index is -1.15. The molecule has 256 valence electrons. The summed E-state index contributed by atoms with van der Waals surface area (Å²) in [6, 6.07) is 46.8. The van der Waals surface area contributed by atoms with E-state index in [2.05, 4.69) is 45.9 Å². The average Bonchev–Trinajstić information content (AvgIpc) is 3.16. The number of amides is 1. The van der Waals surface area contributed by atoms with E-state index in [1.54, 1.807) is 12.1 Å². The van der Waals surface area contributed by atoms with Gasteiger partial charge in [0.05, 0.1) is 11.1 Å². The van der Waals surface area contributed by atoms with Crippen LogP contribution in [-0.2, 0) is 35.6 Å². The summed E-state index contributed by atoms with van der Waals surface area (Å²) in [7, 11) is 0. The molecule has 51 heavy (non-hydrogen) atoms. The Kier molecular flexibility index (Phi) is 12.6. The van der Waals surface area contributed by atoms with Gasteiger partial charge >= 0.3 is 5.97 Å². The van der Waals surface area contributed by atoms with Gasteiger partial charge in [-0.15, -0.1) is 0 Å². The van der Waals surface area contributed by atoms with Crippen molar-refractivity contribution in [1.82, 2.24) is 0 Å². The summed E-state index contributed by atoms with van der Waals surface area (Å²) >= 11 is 0. The SMILES string of the molecule is C=O.O=C(O)c1ccc(Cc2ccccc2)cc1C(=O)Nc1ccc(Cc2ccc(Nc3cc(Cc4ccccc4)ccc3COO)cc2)cc1. The minimum Gasteiger partial charge on any atom is -0.478 e. The molecule has 6 aromatic rings. The van der Waals surface area contributed by atoms with Crippen molar-refractivity contribution in [3.05, 3.63) is 196 Å². The first kappa shape index (κ1) is 35.9. The second-order valence-corrected chi connectivity index (χ2v) is 11.9. The Balaban J connectivity index is 0.00000248. The predicted octanol–water partition coefficient (Wildman–Crippen LogP) is 8.96. The van der Waals surface area contributed by atoms with E-state index in [-0.39, 0.29) is 17.7 Å². The molecule has 0 spiro atoms. The number of rotatable bonds is 13. The van der Waals surface area contributed by atoms with Crippen LogP contribution in [0.25, 0.3) is 0 Å². The maximum atomic E-state index is 13.2. The molecule has 0 saturated heterocycles. The molecule has 0 aliphatic rings. The van der Waals surface area contributed by atoms with Crippen LogP contribution < -0.4 is 10.6 Å². The number of carboxylic acid groups (broad SMARTS) is 1. The molecule has 1 amide bonds. The van der Waals surface area contributed by atoms with Gasteiger partial charge in [-0.1, -0.05) is 103 Å². The van der Waals surface area contributed by atoms with Gasteiger partial charge in [0.2, 0.25) is 0 Å². The highest BCUT2D eigenvalue weighted by atomic mass is 17.1. The quantitative estimate of drug-likeness (QED) is 0.0710. The van der Waals surface area contributed by atoms with Crippen LogP contribution in [0.2, 0.25) is 0 Å². The Morgan fingerprint density at radius 2 is 1.02 bits per heavy atom. The van der Waals surface area contributed by atoms with Gasteiger partial charge in [0.15, 0.2) is 0 Å². The molecule has 0 aliphatic carbocycles. The summed E-state index contributed by atoms with van der Waals surface area (Å²) in [6.07, 6.45) is 2.08. The van der Waals surface area contributed by atoms with Crippen LogP contribution in [0.5, 0.6) is 0 Å². The molecule has 0 saturated carbocycles. The van der Waals surface area contributed by atoms with Crippen molar-refractivity contribution in [2.24, 2.45) is 0 Å². The third kappa shape index (κ3) is 10.1. The van der Waals surface area contributed by atoms with E-state index in [1.165, 1.54) is 11.6 Å². The summed E-state index contributed by atoms with van der Waals surface area (Å²) in [5.41, 5.74) is 9.74. The molecular weight excluding hydrogens is 640 g/mol. The van der Waals surface area contributed by atoms with Crippen molar-refractivity contribution in [2.75, 3.05) is 10.6 Å². The normalized spacial score (nSPS) is 10.5. The molecule has 0 radical (unpaired) electrons. The van der Waals surface area contributed by atoms with Gasteiger partial charge in [0.1, 0.15) is 13.4 Å². The Labute approximate surface area is 296 Å². The van der Waals surface area contributed by atoms with E-state index < -0.39 is 11.9 Å². The molecule has 0 heterocycles. The molecule has 6 rings (SSSR count). The predicted molar refractivity (Wildman–Crippen MR) is 200 cm³/mol. The van der Waals surface area contributed by atoms with E-state index in [1.807, 2.05) is 104 Å². The summed E-state index contributed by atoms with van der Waals surface area (Å²) < 4.78 is 0. The highest BCUT2D eigenvalue weighted by molar-refractivity contribution is 6.10. The highest BCUT2D eigenvalue weighted by Crippen LogP contribution is 2.26. The summed E-state index contributed by atoms with van der Waals surface area (Å²) in [4.78, 5) is 37.6. The standard InChI is InChI=1S/C42H36N2O5.CH2O/c45-41(39-26-33(16-22-38(39)42(46)47)24-29-7-3-1-4-8-29)44-37-20-14-32(15-21-37)23-31-12-18-36(19-13-31)43-40-27-34(11-17-35(40)28-49-48)25-30-9-5-2-6-10-30;1-2/h1-22,26-27,43,48H,23-25,28H2,(H,44,45)(H,46,47);1H2. The van der Waals surface area contributed by atoms with Gasteiger partial charge in [0, 0.05) is 22.6 Å². The van der Waals surface area contributed by atoms with Crippen LogP contribution in [0.4, 0.5) is 17.1 Å². The lowest BCUT2D eigenvalue weighted by atomic mass is 9.98. The number of carbonyl (C=O) groups is 3. The molecule has 0 aliphatic heterocycles. The van der Waals surface area contributed by atoms with Crippen LogP contribution in [0.15, 0.2) is 146 Å². The van der Waals surface area contributed by atoms with Gasteiger partial charge in [-0.25, -0.2) is 9.68 Å². The number of hydrogen-bond donors (Lipinski definition) is 4. The zero-order valence-corrected chi connectivity index (χ0v) is 27.9. The Hall–Kier alpha value is -6.35. The van der Waals surface area contributed by atoms with Crippen molar-refractivity contribution >= 4 is 35.7 Å². The summed E-state index contributed by atoms with van der Waals surface area (Å²) in [5, 5.41) is 25.2. The van der Waals surface area contributed by atoms with Gasteiger partial charge in [-0.2, -0.15) is 0 Å². The van der Waals surface area contributed by atoms with E-state index in [0.29, 0.717) is 18.5 Å². The van der Waals surface area contributed by atoms with Crippen molar-refractivity contribution in [1.29, 1.82) is 0 Å². The smallest absolute Gasteiger partial charge is 0.336 e. The topological polar surface area (TPSA) is 125 Å². The number of anilines is 3. The van der Waals surface area contributed by atoms with Crippen molar-refractivity contribution in [3.63, 3.8) is 0 Å². The first-order valence-electron chi connectivity index (χ1n) is 16.3. The molecule has 0 fully saturated rings. The second-order valence-electron chi connectivity index (χ2n) is 11.9. The van der Waals surface area contributed by atoms with Crippen molar-refractivity contribution in [2.45, 2.75) is 25.9 Å². The first-order valence-corrected chi connectivity index (χ1v) is 16.3. The van der Waals surface area contributed by atoms with Crippen molar-refractivity contribution < 1.29 is 29.6 Å². The Morgan fingerprint density at radius 1 is 0.549 bits per heavy atom. The van der Waals surface area contributed by atoms with Crippen LogP contribution in [-0.4, -0.2) is 29.0 Å². The number of carbonyl (C=O) groups excluding carboxylic acids is 2. The fraction of sp³-hybridized carbons (Fsp3) is 0.0930. The Morgan fingerprint density at radius 3 is 1.57 bits per heavy atom. The summed E-state index contributed by atoms with van der Waals surface area (Å²) in [6.45, 7) is 2.07. The third-order valence-corrected chi connectivity index (χ3v) is 8.31. The molecule has 6 aromatic carbocycles. The monoisotopic (exact) mass is 678 g/mol. The molecule has 0 unspecified atom stereocenters. The van der Waals surface area contributed by atoms with Gasteiger partial charge < -0.3 is 20.5 Å². The maximum Gasteiger partial charge on any atom is 0.336 e. The Bertz CT molecular complexity index is 2050. The largest absolute Gasteiger partial charge is 0.478 e. The fourth-order valence-electron chi connectivity index (χ4n) is 5.79. The summed E-state index contributed by atoms with van der Waals surface area (Å²) in [5.74, 6) is -1.62. The first-order chi connectivity index (χ1) is 24.9. The number of nitrogens with one attached hydrogen (secondary N) is 2. The van der Waals surface area contributed by atoms with Gasteiger partial charge in [0.25, 0.3) is 5.91 Å². The maximum absolute atomic E-state index is 13.2. The lowest BCUT2D eigenvalue weighted by Gasteiger charge is -2.14. The second kappa shape index (κ2) is 17.9. The molecule has 8 heteroatoms. The molecule has 4 N–H and O–H groups in total. The number of hydrogen-bond acceptors (Lipinski definition) is 6. The zero-order chi connectivity index (χ0) is 36.0. The lowest BCUT2D eigenvalue weighted by molar-refractivity contribution is -0.252. The van der Waals surface area contributed by atoms with Crippen LogP contribution in [0.1, 0.15) is 59.7 Å². The highest BCUT2D eigenvalue weighted by Gasteiger charge is 2.18. The molecule has 0 atom stereocenters. The molecular formula is C43H38N2O6. The van der Waals surface area contributed by atoms with Crippen LogP contribution >= 0.6 is 0 Å². The molecule has 0 bridgehead atoms. The van der Waals surface area contributed by atoms with Gasteiger partial charge in [-0.05, 0) is 95.1 Å². The van der Waals surface area contributed by atoms with E-state index >= 15 is 0 Å². The number of carboxylic acids is 1. The van der Waals surface area contributed by atoms with Crippen LogP contribution in [0, 0.1) is 0 Å². The lowest BCUT2D eigenvalue weighted by Crippen LogP contribution is -2.17. The number of aromatic carboxylic acids is 1. The zero-order valence-electron chi connectivity index (χ0n) is 27.9. The van der Waals surface area contributed by atoms with E-state index in [4.69, 9.17) is 10.1 Å². The minimum absolute atomic E-state index is 0.0401. The van der Waals surface area contributed by atoms with Crippen molar-refractivity contribution in [3.8, 4) is 0 Å².